The van der Waals surface area contributed by atoms with E-state index in [0.29, 0.717) is 46.9 Å². The zero-order valence-electron chi connectivity index (χ0n) is 18.7. The second-order valence-corrected chi connectivity index (χ2v) is 10.6. The highest BCUT2D eigenvalue weighted by molar-refractivity contribution is 7.29. The van der Waals surface area contributed by atoms with E-state index in [4.69, 9.17) is 20.4 Å². The van der Waals surface area contributed by atoms with Crippen molar-refractivity contribution in [1.29, 1.82) is 5.26 Å². The first-order valence-corrected chi connectivity index (χ1v) is 12.5. The van der Waals surface area contributed by atoms with E-state index in [2.05, 4.69) is 39.0 Å². The standard InChI is InChI=1S/C24H22FN6OPS/c1-10-3-4-31(11(10)2)24-29-6-13-14-8-32-9-15(14)17(21(33)19(13)30-24)20-18-12(5-26)23(27)34-22(18)16(25)7-28-20/h6-7,10-11H,3-4,8-9,27,33H2,1-2H3. The average molecular weight is 493 g/mol. The van der Waals surface area contributed by atoms with Crippen LogP contribution in [0.3, 0.4) is 0 Å². The fourth-order valence-corrected chi connectivity index (χ4v) is 6.60. The third-order valence-electron chi connectivity index (χ3n) is 7.23. The molecule has 1 saturated heterocycles. The maximum absolute atomic E-state index is 14.7. The average Bonchev–Trinajstić information content (AvgIpc) is 3.53. The summed E-state index contributed by atoms with van der Waals surface area (Å²) in [5.41, 5.74) is 10.4. The van der Waals surface area contributed by atoms with Crippen molar-refractivity contribution in [3.05, 3.63) is 34.9 Å². The van der Waals surface area contributed by atoms with Gasteiger partial charge in [-0.25, -0.2) is 14.4 Å². The van der Waals surface area contributed by atoms with Crippen LogP contribution in [0.2, 0.25) is 0 Å². The first-order chi connectivity index (χ1) is 16.4. The smallest absolute Gasteiger partial charge is 0.226 e. The second-order valence-electron chi connectivity index (χ2n) is 8.98. The Morgan fingerprint density at radius 2 is 2.06 bits per heavy atom. The summed E-state index contributed by atoms with van der Waals surface area (Å²) in [6.45, 7) is 6.20. The predicted octanol–water partition coefficient (Wildman–Crippen LogP) is 4.26. The van der Waals surface area contributed by atoms with Crippen LogP contribution in [0.4, 0.5) is 15.3 Å². The number of rotatable bonds is 2. The van der Waals surface area contributed by atoms with Crippen molar-refractivity contribution in [2.75, 3.05) is 17.2 Å². The molecule has 0 spiro atoms. The Bertz CT molecular complexity index is 1550. The van der Waals surface area contributed by atoms with E-state index in [1.165, 1.54) is 6.20 Å². The van der Waals surface area contributed by atoms with E-state index in [0.717, 1.165) is 57.2 Å². The van der Waals surface area contributed by atoms with Crippen molar-refractivity contribution in [2.45, 2.75) is 39.5 Å². The molecule has 172 valence electrons. The van der Waals surface area contributed by atoms with Crippen molar-refractivity contribution in [2.24, 2.45) is 5.92 Å². The van der Waals surface area contributed by atoms with Gasteiger partial charge in [0.2, 0.25) is 5.95 Å². The van der Waals surface area contributed by atoms with Crippen LogP contribution in [0.15, 0.2) is 12.4 Å². The van der Waals surface area contributed by atoms with E-state index in [1.807, 2.05) is 6.20 Å². The highest BCUT2D eigenvalue weighted by Gasteiger charge is 2.31. The van der Waals surface area contributed by atoms with Crippen molar-refractivity contribution in [1.82, 2.24) is 15.0 Å². The zero-order chi connectivity index (χ0) is 23.7. The van der Waals surface area contributed by atoms with Crippen LogP contribution in [-0.4, -0.2) is 27.5 Å². The molecule has 0 bridgehead atoms. The summed E-state index contributed by atoms with van der Waals surface area (Å²) in [5, 5.41) is 12.3. The topological polar surface area (TPSA) is 101 Å². The number of ether oxygens (including phenoxy) is 1. The van der Waals surface area contributed by atoms with Crippen molar-refractivity contribution in [3.63, 3.8) is 0 Å². The molecule has 1 fully saturated rings. The first kappa shape index (κ1) is 21.6. The molecule has 0 saturated carbocycles. The van der Waals surface area contributed by atoms with Crippen LogP contribution >= 0.6 is 20.6 Å². The third kappa shape index (κ3) is 2.96. The molecule has 5 heterocycles. The maximum Gasteiger partial charge on any atom is 0.226 e. The van der Waals surface area contributed by atoms with E-state index in [1.54, 1.807) is 0 Å². The number of anilines is 2. The Morgan fingerprint density at radius 3 is 2.79 bits per heavy atom. The van der Waals surface area contributed by atoms with Crippen LogP contribution in [0.1, 0.15) is 37.0 Å². The fraction of sp³-hybridized carbons (Fsp3) is 0.333. The highest BCUT2D eigenvalue weighted by atomic mass is 32.1. The Labute approximate surface area is 202 Å². The lowest BCUT2D eigenvalue weighted by atomic mass is 9.94. The minimum atomic E-state index is -0.488. The van der Waals surface area contributed by atoms with E-state index in [-0.39, 0.29) is 10.6 Å². The number of nitriles is 1. The lowest BCUT2D eigenvalue weighted by Crippen LogP contribution is -2.30. The molecule has 0 aliphatic carbocycles. The molecule has 1 aromatic carbocycles. The summed E-state index contributed by atoms with van der Waals surface area (Å²) < 4.78 is 20.8. The largest absolute Gasteiger partial charge is 0.389 e. The normalized spacial score (nSPS) is 19.8. The summed E-state index contributed by atoms with van der Waals surface area (Å²) in [6, 6.07) is 2.50. The lowest BCUT2D eigenvalue weighted by Gasteiger charge is -2.24. The Hall–Kier alpha value is -2.92. The molecule has 34 heavy (non-hydrogen) atoms. The molecule has 2 N–H and O–H groups in total. The first-order valence-electron chi connectivity index (χ1n) is 11.1. The Morgan fingerprint density at radius 1 is 1.26 bits per heavy atom. The van der Waals surface area contributed by atoms with Gasteiger partial charge >= 0.3 is 0 Å². The summed E-state index contributed by atoms with van der Waals surface area (Å²) in [6.07, 6.45) is 4.19. The van der Waals surface area contributed by atoms with Gasteiger partial charge in [-0.1, -0.05) is 6.92 Å². The maximum atomic E-state index is 14.7. The summed E-state index contributed by atoms with van der Waals surface area (Å²) in [5.74, 6) is 0.786. The summed E-state index contributed by atoms with van der Waals surface area (Å²) >= 11 is 1.07. The van der Waals surface area contributed by atoms with Crippen LogP contribution in [0.5, 0.6) is 0 Å². The van der Waals surface area contributed by atoms with Crippen LogP contribution in [-0.2, 0) is 18.0 Å². The number of aromatic nitrogens is 3. The predicted molar refractivity (Wildman–Crippen MR) is 136 cm³/mol. The molecule has 0 radical (unpaired) electrons. The van der Waals surface area contributed by atoms with Crippen molar-refractivity contribution in [3.8, 4) is 17.3 Å². The number of halogens is 1. The van der Waals surface area contributed by atoms with Crippen LogP contribution < -0.4 is 15.9 Å². The van der Waals surface area contributed by atoms with E-state index >= 15 is 0 Å². The SMILES string of the molecule is CC1CCN(c2ncc3c4c(c(-c5ncc(F)c6sc(N)c(C#N)c56)c(P)c3n2)COC4)C1C. The van der Waals surface area contributed by atoms with Crippen molar-refractivity contribution < 1.29 is 9.13 Å². The van der Waals surface area contributed by atoms with Crippen molar-refractivity contribution >= 4 is 57.8 Å². The Kier molecular flexibility index (Phi) is 4.96. The number of nitrogens with zero attached hydrogens (tertiary/aromatic N) is 5. The summed E-state index contributed by atoms with van der Waals surface area (Å²) in [4.78, 5) is 16.4. The molecular formula is C24H22FN6OPS. The number of thiophene rings is 1. The van der Waals surface area contributed by atoms with Gasteiger partial charge in [0.1, 0.15) is 11.1 Å². The van der Waals surface area contributed by atoms with Gasteiger partial charge in [0.15, 0.2) is 5.82 Å². The van der Waals surface area contributed by atoms with Gasteiger partial charge in [0.05, 0.1) is 40.9 Å². The Balaban J connectivity index is 1.66. The second kappa shape index (κ2) is 7.81. The number of nitrogens with two attached hydrogens (primary N) is 1. The summed E-state index contributed by atoms with van der Waals surface area (Å²) in [7, 11) is 2.80. The van der Waals surface area contributed by atoms with Gasteiger partial charge < -0.3 is 15.4 Å². The fourth-order valence-electron chi connectivity index (χ4n) is 5.15. The zero-order valence-corrected chi connectivity index (χ0v) is 20.7. The minimum absolute atomic E-state index is 0.252. The molecule has 0 amide bonds. The molecule has 2 aliphatic heterocycles. The minimum Gasteiger partial charge on any atom is -0.389 e. The number of nitrogen functional groups attached to an aromatic ring is 1. The molecule has 7 nitrogen and oxygen atoms in total. The molecule has 10 heteroatoms. The highest BCUT2D eigenvalue weighted by Crippen LogP contribution is 2.43. The number of hydrogen-bond donors (Lipinski definition) is 1. The van der Waals surface area contributed by atoms with Gasteiger partial charge in [-0.15, -0.1) is 20.6 Å². The molecular weight excluding hydrogens is 470 g/mol. The van der Waals surface area contributed by atoms with Gasteiger partial charge in [0, 0.05) is 40.4 Å². The monoisotopic (exact) mass is 492 g/mol. The van der Waals surface area contributed by atoms with Gasteiger partial charge in [0.25, 0.3) is 0 Å². The van der Waals surface area contributed by atoms with E-state index in [9.17, 15) is 9.65 Å². The van der Waals surface area contributed by atoms with Gasteiger partial charge in [-0.05, 0) is 30.4 Å². The molecule has 6 rings (SSSR count). The van der Waals surface area contributed by atoms with Crippen LogP contribution in [0, 0.1) is 23.1 Å². The quantitative estimate of drug-likeness (QED) is 0.417. The lowest BCUT2D eigenvalue weighted by molar-refractivity contribution is 0.135. The van der Waals surface area contributed by atoms with Crippen LogP contribution in [0.25, 0.3) is 32.2 Å². The number of benzene rings is 1. The molecule has 3 atom stereocenters. The molecule has 4 aromatic rings. The molecule has 2 aliphatic rings. The van der Waals surface area contributed by atoms with E-state index < -0.39 is 5.82 Å². The third-order valence-corrected chi connectivity index (χ3v) is 8.82. The number of hydrogen-bond acceptors (Lipinski definition) is 8. The number of fused-ring (bicyclic) bond motifs is 4. The molecule has 3 unspecified atom stereocenters. The number of pyridine rings is 1. The van der Waals surface area contributed by atoms with Gasteiger partial charge in [-0.2, -0.15) is 5.26 Å². The van der Waals surface area contributed by atoms with Gasteiger partial charge in [-0.3, -0.25) is 4.98 Å². The molecule has 3 aromatic heterocycles.